The molecule has 3 nitrogen and oxygen atoms in total. The molecule has 0 aliphatic rings. The summed E-state index contributed by atoms with van der Waals surface area (Å²) in [5.41, 5.74) is 7.53. The van der Waals surface area contributed by atoms with E-state index in [2.05, 4.69) is 152 Å². The fourth-order valence-corrected chi connectivity index (χ4v) is 6.73. The van der Waals surface area contributed by atoms with E-state index in [1.807, 2.05) is 24.3 Å². The minimum absolute atomic E-state index is 0.643. The van der Waals surface area contributed by atoms with Crippen LogP contribution in [0, 0.1) is 0 Å². The van der Waals surface area contributed by atoms with E-state index in [0.717, 1.165) is 44.0 Å². The quantitative estimate of drug-likeness (QED) is 0.194. The maximum atomic E-state index is 5.27. The van der Waals surface area contributed by atoms with E-state index in [1.54, 1.807) is 0 Å². The van der Waals surface area contributed by atoms with Crippen molar-refractivity contribution in [3.05, 3.63) is 176 Å². The zero-order valence-electron chi connectivity index (χ0n) is 26.1. The van der Waals surface area contributed by atoms with Crippen molar-refractivity contribution in [2.24, 2.45) is 0 Å². The second kappa shape index (κ2) is 11.7. The highest BCUT2D eigenvalue weighted by Gasteiger charge is 2.19. The van der Waals surface area contributed by atoms with E-state index in [0.29, 0.717) is 17.5 Å². The lowest BCUT2D eigenvalue weighted by molar-refractivity contribution is 1.08. The van der Waals surface area contributed by atoms with Crippen LogP contribution in [0.4, 0.5) is 0 Å². The number of aromatic nitrogens is 3. The molecule has 0 N–H and O–H groups in total. The van der Waals surface area contributed by atoms with Crippen LogP contribution in [-0.4, -0.2) is 15.0 Å². The first-order chi connectivity index (χ1) is 23.8. The first-order valence-electron chi connectivity index (χ1n) is 16.2. The predicted molar refractivity (Wildman–Crippen MR) is 200 cm³/mol. The molecule has 0 bridgehead atoms. The molecule has 1 heterocycles. The van der Waals surface area contributed by atoms with Crippen molar-refractivity contribution >= 4 is 32.3 Å². The highest BCUT2D eigenvalue weighted by molar-refractivity contribution is 6.08. The summed E-state index contributed by atoms with van der Waals surface area (Å²) < 4.78 is 0. The number of hydrogen-bond acceptors (Lipinski definition) is 3. The third-order valence-corrected chi connectivity index (χ3v) is 9.11. The summed E-state index contributed by atoms with van der Waals surface area (Å²) in [6.07, 6.45) is 0. The van der Waals surface area contributed by atoms with Crippen LogP contribution in [0.2, 0.25) is 0 Å². The Labute approximate surface area is 278 Å². The Morgan fingerprint density at radius 2 is 0.792 bits per heavy atom. The lowest BCUT2D eigenvalue weighted by Gasteiger charge is -2.16. The fraction of sp³-hybridized carbons (Fsp3) is 0. The SMILES string of the molecule is c1ccc(-c2ccc3cc(-c4nc(-c5ccccc5)nc(-c5c(-c6cccc7ccccc67)ccc6ccccc56)n4)ccc3c2)cc1. The molecule has 0 atom stereocenters. The van der Waals surface area contributed by atoms with Crippen LogP contribution in [0.15, 0.2) is 176 Å². The monoisotopic (exact) mass is 611 g/mol. The average Bonchev–Trinajstić information content (AvgIpc) is 3.17. The molecule has 8 aromatic carbocycles. The van der Waals surface area contributed by atoms with E-state index in [4.69, 9.17) is 15.0 Å². The number of rotatable bonds is 5. The van der Waals surface area contributed by atoms with Gasteiger partial charge in [0.1, 0.15) is 0 Å². The number of benzene rings is 8. The molecule has 0 unspecified atom stereocenters. The van der Waals surface area contributed by atoms with Gasteiger partial charge in [-0.25, -0.2) is 15.0 Å². The van der Waals surface area contributed by atoms with Gasteiger partial charge < -0.3 is 0 Å². The van der Waals surface area contributed by atoms with Crippen LogP contribution < -0.4 is 0 Å². The highest BCUT2D eigenvalue weighted by Crippen LogP contribution is 2.40. The van der Waals surface area contributed by atoms with Crippen LogP contribution in [0.5, 0.6) is 0 Å². The Hall–Kier alpha value is -6.45. The van der Waals surface area contributed by atoms with Crippen molar-refractivity contribution in [2.75, 3.05) is 0 Å². The molecule has 48 heavy (non-hydrogen) atoms. The third-order valence-electron chi connectivity index (χ3n) is 9.11. The average molecular weight is 612 g/mol. The summed E-state index contributed by atoms with van der Waals surface area (Å²) in [5, 5.41) is 6.94. The minimum atomic E-state index is 0.643. The van der Waals surface area contributed by atoms with Crippen LogP contribution in [-0.2, 0) is 0 Å². The molecule has 3 heteroatoms. The predicted octanol–water partition coefficient (Wildman–Crippen LogP) is 11.7. The maximum Gasteiger partial charge on any atom is 0.165 e. The van der Waals surface area contributed by atoms with Gasteiger partial charge in [0, 0.05) is 16.7 Å². The number of nitrogens with zero attached hydrogens (tertiary/aromatic N) is 3. The molecule has 0 radical (unpaired) electrons. The van der Waals surface area contributed by atoms with Crippen LogP contribution in [0.1, 0.15) is 0 Å². The van der Waals surface area contributed by atoms with Gasteiger partial charge in [-0.05, 0) is 66.7 Å². The molecule has 0 aliphatic carbocycles. The molecule has 0 amide bonds. The third kappa shape index (κ3) is 4.99. The van der Waals surface area contributed by atoms with Gasteiger partial charge in [-0.1, -0.05) is 164 Å². The summed E-state index contributed by atoms with van der Waals surface area (Å²) in [6, 6.07) is 61.7. The first-order valence-corrected chi connectivity index (χ1v) is 16.2. The van der Waals surface area contributed by atoms with E-state index in [9.17, 15) is 0 Å². The molecule has 0 saturated carbocycles. The molecule has 9 rings (SSSR count). The van der Waals surface area contributed by atoms with Gasteiger partial charge in [-0.2, -0.15) is 0 Å². The standard InChI is InChI=1S/C45H29N3/c1-3-12-30(13-4-1)34-22-23-36-29-37(25-24-35(36)28-34)44-46-43(33-16-5-2-6-17-33)47-45(48-44)42-39-20-10-8-15-32(39)26-27-41(42)40-21-11-18-31-14-7-9-19-38(31)40/h1-29H. The number of hydrogen-bond donors (Lipinski definition) is 0. The fourth-order valence-electron chi connectivity index (χ4n) is 6.73. The molecule has 224 valence electrons. The lowest BCUT2D eigenvalue weighted by atomic mass is 9.90. The van der Waals surface area contributed by atoms with Crippen molar-refractivity contribution in [3.8, 4) is 56.4 Å². The van der Waals surface area contributed by atoms with Gasteiger partial charge in [-0.3, -0.25) is 0 Å². The molecule has 0 aliphatic heterocycles. The molecular formula is C45H29N3. The van der Waals surface area contributed by atoms with Gasteiger partial charge in [-0.15, -0.1) is 0 Å². The Bertz CT molecular complexity index is 2600. The van der Waals surface area contributed by atoms with Crippen molar-refractivity contribution in [1.82, 2.24) is 15.0 Å². The van der Waals surface area contributed by atoms with Gasteiger partial charge >= 0.3 is 0 Å². The molecule has 9 aromatic rings. The summed E-state index contributed by atoms with van der Waals surface area (Å²) >= 11 is 0. The minimum Gasteiger partial charge on any atom is -0.208 e. The lowest BCUT2D eigenvalue weighted by Crippen LogP contribution is -2.02. The van der Waals surface area contributed by atoms with E-state index < -0.39 is 0 Å². The molecule has 0 saturated heterocycles. The Morgan fingerprint density at radius 3 is 1.54 bits per heavy atom. The van der Waals surface area contributed by atoms with Crippen LogP contribution in [0.25, 0.3) is 88.7 Å². The first kappa shape index (κ1) is 27.8. The summed E-state index contributed by atoms with van der Waals surface area (Å²) in [4.78, 5) is 15.5. The van der Waals surface area contributed by atoms with Crippen molar-refractivity contribution in [2.45, 2.75) is 0 Å². The molecular weight excluding hydrogens is 583 g/mol. The summed E-state index contributed by atoms with van der Waals surface area (Å²) in [7, 11) is 0. The van der Waals surface area contributed by atoms with Gasteiger partial charge in [0.05, 0.1) is 0 Å². The Balaban J connectivity index is 1.28. The molecule has 1 aromatic heterocycles. The number of fused-ring (bicyclic) bond motifs is 3. The van der Waals surface area contributed by atoms with Gasteiger partial charge in [0.15, 0.2) is 17.5 Å². The van der Waals surface area contributed by atoms with Crippen molar-refractivity contribution in [1.29, 1.82) is 0 Å². The zero-order valence-corrected chi connectivity index (χ0v) is 26.1. The van der Waals surface area contributed by atoms with Crippen LogP contribution in [0.3, 0.4) is 0 Å². The van der Waals surface area contributed by atoms with E-state index >= 15 is 0 Å². The zero-order chi connectivity index (χ0) is 31.9. The Kier molecular flexibility index (Phi) is 6.80. The topological polar surface area (TPSA) is 38.7 Å². The normalized spacial score (nSPS) is 11.3. The van der Waals surface area contributed by atoms with Crippen molar-refractivity contribution < 1.29 is 0 Å². The van der Waals surface area contributed by atoms with Crippen molar-refractivity contribution in [3.63, 3.8) is 0 Å². The second-order valence-electron chi connectivity index (χ2n) is 12.1. The Morgan fingerprint density at radius 1 is 0.271 bits per heavy atom. The maximum absolute atomic E-state index is 5.27. The molecule has 0 fully saturated rings. The second-order valence-corrected chi connectivity index (χ2v) is 12.1. The van der Waals surface area contributed by atoms with Crippen LogP contribution >= 0.6 is 0 Å². The summed E-state index contributed by atoms with van der Waals surface area (Å²) in [5.74, 6) is 1.94. The molecule has 0 spiro atoms. The van der Waals surface area contributed by atoms with Gasteiger partial charge in [0.2, 0.25) is 0 Å². The van der Waals surface area contributed by atoms with Gasteiger partial charge in [0.25, 0.3) is 0 Å². The highest BCUT2D eigenvalue weighted by atomic mass is 15.0. The van der Waals surface area contributed by atoms with E-state index in [-0.39, 0.29) is 0 Å². The summed E-state index contributed by atoms with van der Waals surface area (Å²) in [6.45, 7) is 0. The van der Waals surface area contributed by atoms with E-state index in [1.165, 1.54) is 27.3 Å². The largest absolute Gasteiger partial charge is 0.208 e. The smallest absolute Gasteiger partial charge is 0.165 e.